The van der Waals surface area contributed by atoms with E-state index in [1.165, 1.54) is 25.7 Å². The Bertz CT molecular complexity index is 450. The van der Waals surface area contributed by atoms with E-state index in [-0.39, 0.29) is 0 Å². The van der Waals surface area contributed by atoms with Crippen LogP contribution in [0.1, 0.15) is 46.5 Å². The van der Waals surface area contributed by atoms with Gasteiger partial charge in [0, 0.05) is 19.6 Å². The Morgan fingerprint density at radius 1 is 1.19 bits per heavy atom. The van der Waals surface area contributed by atoms with Crippen LogP contribution in [-0.2, 0) is 0 Å². The minimum Gasteiger partial charge on any atom is -0.490 e. The fourth-order valence-electron chi connectivity index (χ4n) is 3.22. The van der Waals surface area contributed by atoms with E-state index in [1.54, 1.807) is 13.4 Å². The average Bonchev–Trinajstić information content (AvgIpc) is 2.55. The van der Waals surface area contributed by atoms with Crippen molar-refractivity contribution in [2.45, 2.75) is 46.5 Å². The van der Waals surface area contributed by atoms with Crippen LogP contribution < -0.4 is 15.0 Å². The van der Waals surface area contributed by atoms with Crippen LogP contribution in [0, 0.1) is 5.41 Å². The third-order valence-corrected chi connectivity index (χ3v) is 4.96. The van der Waals surface area contributed by atoms with Gasteiger partial charge in [0.2, 0.25) is 5.75 Å². The van der Waals surface area contributed by atoms with Gasteiger partial charge in [-0.25, -0.2) is 9.97 Å². The molecule has 1 aliphatic rings. The number of nitrogens with zero attached hydrogens (tertiary/aromatic N) is 3. The van der Waals surface area contributed by atoms with Gasteiger partial charge in [0.05, 0.1) is 7.11 Å². The summed E-state index contributed by atoms with van der Waals surface area (Å²) in [5.74, 6) is 2.47. The van der Waals surface area contributed by atoms with Crippen LogP contribution in [0.3, 0.4) is 0 Å². The maximum Gasteiger partial charge on any atom is 0.204 e. The highest BCUT2D eigenvalue weighted by Gasteiger charge is 2.32. The predicted octanol–water partition coefficient (Wildman–Crippen LogP) is 3.32. The van der Waals surface area contributed by atoms with E-state index in [0.29, 0.717) is 5.41 Å². The first kappa shape index (κ1) is 15.9. The zero-order valence-corrected chi connectivity index (χ0v) is 13.8. The summed E-state index contributed by atoms with van der Waals surface area (Å²) in [6.07, 6.45) is 6.60. The first-order valence-corrected chi connectivity index (χ1v) is 8.07. The molecule has 0 unspecified atom stereocenters. The molecule has 21 heavy (non-hydrogen) atoms. The normalized spacial score (nSPS) is 17.6. The number of aromatic nitrogens is 2. The fourth-order valence-corrected chi connectivity index (χ4v) is 3.22. The molecule has 2 rings (SSSR count). The van der Waals surface area contributed by atoms with Crippen LogP contribution in [0.4, 0.5) is 11.6 Å². The number of methoxy groups -OCH3 is 1. The van der Waals surface area contributed by atoms with Crippen molar-refractivity contribution in [2.75, 3.05) is 37.0 Å². The molecule has 0 radical (unpaired) electrons. The van der Waals surface area contributed by atoms with E-state index in [4.69, 9.17) is 4.74 Å². The lowest BCUT2D eigenvalue weighted by Gasteiger charge is -2.41. The Labute approximate surface area is 128 Å². The predicted molar refractivity (Wildman–Crippen MR) is 87.2 cm³/mol. The van der Waals surface area contributed by atoms with Crippen LogP contribution in [0.25, 0.3) is 0 Å². The number of hydrogen-bond acceptors (Lipinski definition) is 5. The van der Waals surface area contributed by atoms with Gasteiger partial charge in [-0.1, -0.05) is 26.7 Å². The molecular formula is C16H28N4O. The van der Waals surface area contributed by atoms with Gasteiger partial charge in [-0.3, -0.25) is 0 Å². The van der Waals surface area contributed by atoms with Crippen LogP contribution in [0.2, 0.25) is 0 Å². The second kappa shape index (κ2) is 6.96. The molecule has 1 saturated heterocycles. The summed E-state index contributed by atoms with van der Waals surface area (Å²) in [6, 6.07) is 0. The van der Waals surface area contributed by atoms with Crippen molar-refractivity contribution in [3.05, 3.63) is 6.33 Å². The third-order valence-electron chi connectivity index (χ3n) is 4.96. The first-order valence-electron chi connectivity index (χ1n) is 8.07. The van der Waals surface area contributed by atoms with Gasteiger partial charge in [-0.05, 0) is 25.2 Å². The van der Waals surface area contributed by atoms with Gasteiger partial charge in [-0.2, -0.15) is 0 Å². The number of piperidine rings is 1. The summed E-state index contributed by atoms with van der Waals surface area (Å²) < 4.78 is 5.56. The van der Waals surface area contributed by atoms with E-state index in [9.17, 15) is 0 Å². The molecule has 1 aromatic rings. The van der Waals surface area contributed by atoms with Crippen molar-refractivity contribution in [3.63, 3.8) is 0 Å². The summed E-state index contributed by atoms with van der Waals surface area (Å²) >= 11 is 0. The second-order valence-corrected chi connectivity index (χ2v) is 5.80. The highest BCUT2D eigenvalue weighted by molar-refractivity contribution is 5.64. The van der Waals surface area contributed by atoms with Gasteiger partial charge in [0.1, 0.15) is 6.33 Å². The summed E-state index contributed by atoms with van der Waals surface area (Å²) in [7, 11) is 1.69. The van der Waals surface area contributed by atoms with Crippen LogP contribution in [0.15, 0.2) is 6.33 Å². The quantitative estimate of drug-likeness (QED) is 0.871. The Morgan fingerprint density at radius 2 is 1.86 bits per heavy atom. The number of rotatable bonds is 6. The summed E-state index contributed by atoms with van der Waals surface area (Å²) in [6.45, 7) is 9.59. The summed E-state index contributed by atoms with van der Waals surface area (Å²) in [5, 5.41) is 3.24. The minimum atomic E-state index is 0.515. The number of ether oxygens (including phenoxy) is 1. The largest absolute Gasteiger partial charge is 0.490 e. The standard InChI is InChI=1S/C16H28N4O/c1-5-16(6-2)8-10-20(11-9-16)15-13(21-4)14(17-7-3)18-12-19-15/h12H,5-11H2,1-4H3,(H,17,18,19). The highest BCUT2D eigenvalue weighted by atomic mass is 16.5. The lowest BCUT2D eigenvalue weighted by molar-refractivity contribution is 0.198. The molecule has 0 saturated carbocycles. The molecule has 2 heterocycles. The number of hydrogen-bond donors (Lipinski definition) is 1. The summed E-state index contributed by atoms with van der Waals surface area (Å²) in [4.78, 5) is 11.1. The maximum atomic E-state index is 5.56. The summed E-state index contributed by atoms with van der Waals surface area (Å²) in [5.41, 5.74) is 0.515. The van der Waals surface area contributed by atoms with Crippen molar-refractivity contribution in [1.82, 2.24) is 9.97 Å². The Kier molecular flexibility index (Phi) is 5.26. The molecular weight excluding hydrogens is 264 g/mol. The van der Waals surface area contributed by atoms with Gasteiger partial charge in [0.25, 0.3) is 0 Å². The highest BCUT2D eigenvalue weighted by Crippen LogP contribution is 2.41. The van der Waals surface area contributed by atoms with Crippen LogP contribution in [-0.4, -0.2) is 36.7 Å². The van der Waals surface area contributed by atoms with Gasteiger partial charge in [-0.15, -0.1) is 0 Å². The van der Waals surface area contributed by atoms with E-state index in [0.717, 1.165) is 37.0 Å². The minimum absolute atomic E-state index is 0.515. The molecule has 1 aliphatic heterocycles. The van der Waals surface area contributed by atoms with Gasteiger partial charge >= 0.3 is 0 Å². The van der Waals surface area contributed by atoms with E-state index in [1.807, 2.05) is 0 Å². The monoisotopic (exact) mass is 292 g/mol. The molecule has 0 amide bonds. The molecule has 5 nitrogen and oxygen atoms in total. The molecule has 5 heteroatoms. The number of anilines is 2. The SMILES string of the molecule is CCNc1ncnc(N2CCC(CC)(CC)CC2)c1OC. The van der Waals surface area contributed by atoms with Crippen molar-refractivity contribution in [1.29, 1.82) is 0 Å². The first-order chi connectivity index (χ1) is 10.2. The van der Waals surface area contributed by atoms with Crippen molar-refractivity contribution >= 4 is 11.6 Å². The Hall–Kier alpha value is -1.52. The van der Waals surface area contributed by atoms with Crippen LogP contribution >= 0.6 is 0 Å². The van der Waals surface area contributed by atoms with E-state index < -0.39 is 0 Å². The fraction of sp³-hybridized carbons (Fsp3) is 0.750. The zero-order valence-electron chi connectivity index (χ0n) is 13.8. The molecule has 1 aromatic heterocycles. The number of nitrogens with one attached hydrogen (secondary N) is 1. The lowest BCUT2D eigenvalue weighted by Crippen LogP contribution is -2.40. The van der Waals surface area contributed by atoms with Gasteiger partial charge < -0.3 is 15.0 Å². The topological polar surface area (TPSA) is 50.3 Å². The molecule has 0 bridgehead atoms. The van der Waals surface area contributed by atoms with Gasteiger partial charge in [0.15, 0.2) is 11.6 Å². The van der Waals surface area contributed by atoms with Crippen molar-refractivity contribution in [3.8, 4) is 5.75 Å². The third kappa shape index (κ3) is 3.22. The van der Waals surface area contributed by atoms with Crippen molar-refractivity contribution in [2.24, 2.45) is 5.41 Å². The smallest absolute Gasteiger partial charge is 0.204 e. The molecule has 0 aromatic carbocycles. The van der Waals surface area contributed by atoms with E-state index >= 15 is 0 Å². The maximum absolute atomic E-state index is 5.56. The molecule has 0 spiro atoms. The Morgan fingerprint density at radius 3 is 2.38 bits per heavy atom. The van der Waals surface area contributed by atoms with Crippen molar-refractivity contribution < 1.29 is 4.74 Å². The van der Waals surface area contributed by atoms with E-state index in [2.05, 4.69) is 41.0 Å². The molecule has 118 valence electrons. The molecule has 0 atom stereocenters. The second-order valence-electron chi connectivity index (χ2n) is 5.80. The average molecular weight is 292 g/mol. The van der Waals surface area contributed by atoms with Crippen LogP contribution in [0.5, 0.6) is 5.75 Å². The zero-order chi connectivity index (χ0) is 15.3. The molecule has 0 aliphatic carbocycles. The molecule has 1 N–H and O–H groups in total. The lowest BCUT2D eigenvalue weighted by atomic mass is 9.74. The molecule has 1 fully saturated rings. The Balaban J connectivity index is 2.18.